The summed E-state index contributed by atoms with van der Waals surface area (Å²) in [5.74, 6) is -1.65. The molecule has 0 spiro atoms. The third kappa shape index (κ3) is 5.21. The van der Waals surface area contributed by atoms with Crippen LogP contribution in [0.15, 0.2) is 109 Å². The van der Waals surface area contributed by atoms with Crippen molar-refractivity contribution in [1.82, 2.24) is 9.80 Å². The number of benzene rings is 4. The van der Waals surface area contributed by atoms with Gasteiger partial charge in [0.15, 0.2) is 0 Å². The van der Waals surface area contributed by atoms with Crippen molar-refractivity contribution in [2.75, 3.05) is 13.1 Å². The second-order valence-electron chi connectivity index (χ2n) is 11.2. The van der Waals surface area contributed by atoms with Crippen LogP contribution >= 0.6 is 0 Å². The zero-order valence-corrected chi connectivity index (χ0v) is 24.9. The average molecular weight is 621 g/mol. The summed E-state index contributed by atoms with van der Waals surface area (Å²) in [4.78, 5) is 54.6. The standard InChI is InChI=1S/C36H32N2O8/c39-31(45-35(27-13-3-1-4-14-27)29-17-9-7-11-25(29)21-23-37(35)33(41)42)19-20-32(40)46-36(28-15-5-2-6-16-28)30-18-10-8-12-26(30)22-24-38(36)34(43)44/h1-18H,19-24H2,(H,41,42)(H,43,44)/t35-,36-/m0/s1. The lowest BCUT2D eigenvalue weighted by molar-refractivity contribution is -0.182. The molecule has 0 saturated heterocycles. The summed E-state index contributed by atoms with van der Waals surface area (Å²) < 4.78 is 12.3. The fourth-order valence-electron chi connectivity index (χ4n) is 6.59. The van der Waals surface area contributed by atoms with Crippen molar-refractivity contribution in [2.45, 2.75) is 37.1 Å². The van der Waals surface area contributed by atoms with Crippen LogP contribution in [-0.4, -0.2) is 57.2 Å². The van der Waals surface area contributed by atoms with Crippen LogP contribution in [0.5, 0.6) is 0 Å². The Bertz CT molecular complexity index is 1650. The summed E-state index contributed by atoms with van der Waals surface area (Å²) in [6, 6.07) is 31.7. The number of rotatable bonds is 7. The van der Waals surface area contributed by atoms with Gasteiger partial charge in [-0.15, -0.1) is 0 Å². The lowest BCUT2D eigenvalue weighted by Gasteiger charge is -2.46. The Hall–Kier alpha value is -5.64. The van der Waals surface area contributed by atoms with Crippen LogP contribution in [0.4, 0.5) is 9.59 Å². The zero-order valence-electron chi connectivity index (χ0n) is 24.9. The second kappa shape index (κ2) is 12.4. The number of amides is 2. The van der Waals surface area contributed by atoms with Gasteiger partial charge in [-0.25, -0.2) is 9.59 Å². The Balaban J connectivity index is 1.32. The smallest absolute Gasteiger partial charge is 0.410 e. The van der Waals surface area contributed by atoms with Crippen LogP contribution in [0.2, 0.25) is 0 Å². The first-order valence-corrected chi connectivity index (χ1v) is 15.0. The topological polar surface area (TPSA) is 134 Å². The van der Waals surface area contributed by atoms with Crippen LogP contribution in [0.1, 0.15) is 46.2 Å². The molecule has 10 heteroatoms. The van der Waals surface area contributed by atoms with E-state index >= 15 is 0 Å². The monoisotopic (exact) mass is 620 g/mol. The van der Waals surface area contributed by atoms with Gasteiger partial charge in [0.05, 0.1) is 12.8 Å². The van der Waals surface area contributed by atoms with Crippen molar-refractivity contribution in [3.05, 3.63) is 143 Å². The average Bonchev–Trinajstić information content (AvgIpc) is 3.08. The van der Waals surface area contributed by atoms with Crippen LogP contribution in [0, 0.1) is 0 Å². The van der Waals surface area contributed by atoms with Gasteiger partial charge in [-0.1, -0.05) is 109 Å². The number of esters is 2. The van der Waals surface area contributed by atoms with Crippen LogP contribution < -0.4 is 0 Å². The van der Waals surface area contributed by atoms with Crippen molar-refractivity contribution >= 4 is 24.1 Å². The maximum atomic E-state index is 13.6. The molecule has 2 heterocycles. The largest absolute Gasteiger partial charge is 0.465 e. The number of hydrogen-bond acceptors (Lipinski definition) is 6. The number of carboxylic acid groups (broad SMARTS) is 2. The third-order valence-corrected chi connectivity index (χ3v) is 8.58. The predicted octanol–water partition coefficient (Wildman–Crippen LogP) is 5.73. The molecule has 2 aliphatic heterocycles. The molecule has 0 bridgehead atoms. The molecule has 0 aliphatic carbocycles. The number of carbonyl (C=O) groups excluding carboxylic acids is 2. The summed E-state index contributed by atoms with van der Waals surface area (Å²) in [5, 5.41) is 20.5. The molecule has 2 amide bonds. The summed E-state index contributed by atoms with van der Waals surface area (Å²) in [6.07, 6.45) is -2.54. The first kappa shape index (κ1) is 30.4. The highest BCUT2D eigenvalue weighted by molar-refractivity contribution is 5.80. The number of nitrogens with zero attached hydrogens (tertiary/aromatic N) is 2. The highest BCUT2D eigenvalue weighted by Crippen LogP contribution is 2.44. The van der Waals surface area contributed by atoms with Gasteiger partial charge in [-0.3, -0.25) is 19.4 Å². The van der Waals surface area contributed by atoms with E-state index in [2.05, 4.69) is 0 Å². The molecular formula is C36H32N2O8. The molecule has 0 saturated carbocycles. The lowest BCUT2D eigenvalue weighted by atomic mass is 9.84. The molecule has 234 valence electrons. The highest BCUT2D eigenvalue weighted by atomic mass is 16.6. The molecular weight excluding hydrogens is 588 g/mol. The van der Waals surface area contributed by atoms with Gasteiger partial charge in [-0.05, 0) is 24.0 Å². The van der Waals surface area contributed by atoms with E-state index in [1.165, 1.54) is 0 Å². The summed E-state index contributed by atoms with van der Waals surface area (Å²) in [7, 11) is 0. The number of hydrogen-bond donors (Lipinski definition) is 2. The van der Waals surface area contributed by atoms with Crippen molar-refractivity contribution in [3.8, 4) is 0 Å². The Morgan fingerprint density at radius 1 is 0.543 bits per heavy atom. The van der Waals surface area contributed by atoms with Crippen LogP contribution in [-0.2, 0) is 43.4 Å². The molecule has 2 atom stereocenters. The minimum Gasteiger partial charge on any atom is -0.465 e. The molecule has 4 aromatic carbocycles. The number of ether oxygens (including phenoxy) is 2. The van der Waals surface area contributed by atoms with E-state index in [0.717, 1.165) is 20.9 Å². The van der Waals surface area contributed by atoms with Gasteiger partial charge in [0.2, 0.25) is 11.4 Å². The Morgan fingerprint density at radius 3 is 1.26 bits per heavy atom. The summed E-state index contributed by atoms with van der Waals surface area (Å²) >= 11 is 0. The van der Waals surface area contributed by atoms with Crippen molar-refractivity contribution in [2.24, 2.45) is 0 Å². The first-order valence-electron chi connectivity index (χ1n) is 15.0. The predicted molar refractivity (Wildman–Crippen MR) is 166 cm³/mol. The zero-order chi connectivity index (χ0) is 32.3. The quantitative estimate of drug-likeness (QED) is 0.251. The second-order valence-corrected chi connectivity index (χ2v) is 11.2. The molecule has 0 radical (unpaired) electrons. The fourth-order valence-corrected chi connectivity index (χ4v) is 6.59. The van der Waals surface area contributed by atoms with E-state index in [4.69, 9.17) is 9.47 Å². The van der Waals surface area contributed by atoms with Crippen molar-refractivity contribution < 1.29 is 38.9 Å². The van der Waals surface area contributed by atoms with Crippen LogP contribution in [0.3, 0.4) is 0 Å². The normalized spacial score (nSPS) is 20.2. The third-order valence-electron chi connectivity index (χ3n) is 8.58. The maximum absolute atomic E-state index is 13.6. The molecule has 0 aromatic heterocycles. The molecule has 2 aliphatic rings. The molecule has 2 N–H and O–H groups in total. The van der Waals surface area contributed by atoms with Gasteiger partial charge in [0, 0.05) is 35.3 Å². The van der Waals surface area contributed by atoms with E-state index < -0.39 is 48.4 Å². The van der Waals surface area contributed by atoms with E-state index in [1.54, 1.807) is 84.9 Å². The van der Waals surface area contributed by atoms with E-state index in [0.29, 0.717) is 35.1 Å². The van der Waals surface area contributed by atoms with E-state index in [-0.39, 0.29) is 13.1 Å². The molecule has 0 fully saturated rings. The van der Waals surface area contributed by atoms with Crippen molar-refractivity contribution in [3.63, 3.8) is 0 Å². The van der Waals surface area contributed by atoms with Gasteiger partial charge in [0.1, 0.15) is 0 Å². The Labute approximate surface area is 265 Å². The molecule has 10 nitrogen and oxygen atoms in total. The summed E-state index contributed by atoms with van der Waals surface area (Å²) in [5.41, 5.74) is 0.0391. The molecule has 46 heavy (non-hydrogen) atoms. The SMILES string of the molecule is O=C(CCC(=O)O[C@@]1(c2ccccc2)c2ccccc2CCN1C(=O)O)O[C@@]1(c2ccccc2)c2ccccc2CCN1C(=O)O. The van der Waals surface area contributed by atoms with Crippen molar-refractivity contribution in [1.29, 1.82) is 0 Å². The van der Waals surface area contributed by atoms with Crippen LogP contribution in [0.25, 0.3) is 0 Å². The number of fused-ring (bicyclic) bond motifs is 2. The van der Waals surface area contributed by atoms with Gasteiger partial charge in [-0.2, -0.15) is 0 Å². The molecule has 0 unspecified atom stereocenters. The highest BCUT2D eigenvalue weighted by Gasteiger charge is 2.52. The molecule has 4 aromatic rings. The van der Waals surface area contributed by atoms with Gasteiger partial charge >= 0.3 is 24.1 Å². The Kier molecular flexibility index (Phi) is 8.19. The Morgan fingerprint density at radius 2 is 0.891 bits per heavy atom. The minimum absolute atomic E-state index is 0.0839. The first-order chi connectivity index (χ1) is 22.3. The van der Waals surface area contributed by atoms with E-state index in [1.807, 2.05) is 24.3 Å². The van der Waals surface area contributed by atoms with E-state index in [9.17, 15) is 29.4 Å². The van der Waals surface area contributed by atoms with Gasteiger partial charge < -0.3 is 19.7 Å². The lowest BCUT2D eigenvalue weighted by Crippen LogP contribution is -2.56. The van der Waals surface area contributed by atoms with Gasteiger partial charge in [0.25, 0.3) is 0 Å². The minimum atomic E-state index is -1.78. The molecule has 6 rings (SSSR count). The maximum Gasteiger partial charge on any atom is 0.410 e. The summed E-state index contributed by atoms with van der Waals surface area (Å²) in [6.45, 7) is 0.168. The number of carbonyl (C=O) groups is 4. The fraction of sp³-hybridized carbons (Fsp3) is 0.222.